The molecule has 1 amide bonds. The molecular formula is C13H19N3O2. The number of rotatable bonds is 5. The van der Waals surface area contributed by atoms with Crippen LogP contribution < -0.4 is 15.4 Å². The third kappa shape index (κ3) is 3.70. The maximum absolute atomic E-state index is 11.8. The van der Waals surface area contributed by atoms with E-state index >= 15 is 0 Å². The highest BCUT2D eigenvalue weighted by molar-refractivity contribution is 5.90. The minimum Gasteiger partial charge on any atom is -0.478 e. The van der Waals surface area contributed by atoms with Crippen molar-refractivity contribution in [3.05, 3.63) is 18.3 Å². The Labute approximate surface area is 107 Å². The molecule has 1 saturated heterocycles. The van der Waals surface area contributed by atoms with Crippen LogP contribution in [-0.4, -0.2) is 30.1 Å². The zero-order valence-corrected chi connectivity index (χ0v) is 10.6. The normalized spacial score (nSPS) is 18.6. The second-order valence-corrected chi connectivity index (χ2v) is 4.36. The van der Waals surface area contributed by atoms with Gasteiger partial charge in [-0.25, -0.2) is 4.98 Å². The molecule has 18 heavy (non-hydrogen) atoms. The molecule has 1 aliphatic rings. The van der Waals surface area contributed by atoms with Gasteiger partial charge in [-0.3, -0.25) is 4.79 Å². The summed E-state index contributed by atoms with van der Waals surface area (Å²) in [5.74, 6) is 0.605. The molecule has 2 rings (SSSR count). The van der Waals surface area contributed by atoms with E-state index in [2.05, 4.69) is 15.6 Å². The fraction of sp³-hybridized carbons (Fsp3) is 0.538. The zero-order valence-electron chi connectivity index (χ0n) is 10.6. The van der Waals surface area contributed by atoms with Gasteiger partial charge in [-0.1, -0.05) is 0 Å². The number of pyridine rings is 1. The smallest absolute Gasteiger partial charge is 0.225 e. The number of amides is 1. The molecule has 1 unspecified atom stereocenters. The van der Waals surface area contributed by atoms with Crippen LogP contribution in [0.25, 0.3) is 0 Å². The first-order valence-corrected chi connectivity index (χ1v) is 6.40. The number of aromatic nitrogens is 1. The van der Waals surface area contributed by atoms with E-state index in [0.717, 1.165) is 19.4 Å². The summed E-state index contributed by atoms with van der Waals surface area (Å²) in [5, 5.41) is 6.14. The molecule has 0 radical (unpaired) electrons. The minimum atomic E-state index is 0.0281. The largest absolute Gasteiger partial charge is 0.478 e. The second-order valence-electron chi connectivity index (χ2n) is 4.36. The molecule has 0 saturated carbocycles. The van der Waals surface area contributed by atoms with E-state index in [-0.39, 0.29) is 5.91 Å². The molecule has 0 aromatic carbocycles. The molecule has 1 atom stereocenters. The summed E-state index contributed by atoms with van der Waals surface area (Å²) >= 11 is 0. The van der Waals surface area contributed by atoms with Crippen LogP contribution in [0.15, 0.2) is 18.3 Å². The predicted molar refractivity (Wildman–Crippen MR) is 69.7 cm³/mol. The van der Waals surface area contributed by atoms with E-state index in [1.165, 1.54) is 0 Å². The first-order chi connectivity index (χ1) is 8.78. The van der Waals surface area contributed by atoms with Crippen molar-refractivity contribution in [2.24, 2.45) is 0 Å². The van der Waals surface area contributed by atoms with Crippen LogP contribution in [-0.2, 0) is 4.79 Å². The summed E-state index contributed by atoms with van der Waals surface area (Å²) in [7, 11) is 0. The minimum absolute atomic E-state index is 0.0281. The fourth-order valence-corrected chi connectivity index (χ4v) is 2.05. The Morgan fingerprint density at radius 3 is 3.11 bits per heavy atom. The van der Waals surface area contributed by atoms with Crippen LogP contribution >= 0.6 is 0 Å². The Morgan fingerprint density at radius 2 is 2.50 bits per heavy atom. The number of nitrogens with zero attached hydrogens (tertiary/aromatic N) is 1. The van der Waals surface area contributed by atoms with Crippen LogP contribution in [0.1, 0.15) is 26.2 Å². The SMILES string of the molecule is CCOc1ccc(NC(=O)CC2CCCN2)cn1. The van der Waals surface area contributed by atoms with Crippen LogP contribution in [0.3, 0.4) is 0 Å². The van der Waals surface area contributed by atoms with E-state index in [9.17, 15) is 4.79 Å². The van der Waals surface area contributed by atoms with Gasteiger partial charge >= 0.3 is 0 Å². The molecule has 1 aromatic rings. The van der Waals surface area contributed by atoms with Crippen molar-refractivity contribution in [2.75, 3.05) is 18.5 Å². The van der Waals surface area contributed by atoms with Gasteiger partial charge in [-0.15, -0.1) is 0 Å². The average Bonchev–Trinajstić information content (AvgIpc) is 2.84. The molecule has 1 fully saturated rings. The zero-order chi connectivity index (χ0) is 12.8. The Bertz CT molecular complexity index is 386. The quantitative estimate of drug-likeness (QED) is 0.831. The highest BCUT2D eigenvalue weighted by Crippen LogP contribution is 2.13. The van der Waals surface area contributed by atoms with Crippen molar-refractivity contribution in [3.63, 3.8) is 0 Å². The number of hydrogen-bond donors (Lipinski definition) is 2. The molecule has 1 aliphatic heterocycles. The summed E-state index contributed by atoms with van der Waals surface area (Å²) in [6.07, 6.45) is 4.37. The molecule has 98 valence electrons. The van der Waals surface area contributed by atoms with Crippen LogP contribution in [0.2, 0.25) is 0 Å². The Hall–Kier alpha value is -1.62. The molecule has 1 aromatic heterocycles. The van der Waals surface area contributed by atoms with Gasteiger partial charge in [-0.2, -0.15) is 0 Å². The summed E-state index contributed by atoms with van der Waals surface area (Å²) < 4.78 is 5.24. The van der Waals surface area contributed by atoms with Gasteiger partial charge in [0.15, 0.2) is 0 Å². The van der Waals surface area contributed by atoms with E-state index in [0.29, 0.717) is 30.6 Å². The first-order valence-electron chi connectivity index (χ1n) is 6.40. The van der Waals surface area contributed by atoms with E-state index in [1.807, 2.05) is 6.92 Å². The standard InChI is InChI=1S/C13H19N3O2/c1-2-18-13-6-5-11(9-15-13)16-12(17)8-10-4-3-7-14-10/h5-6,9-10,14H,2-4,7-8H2,1H3,(H,16,17). The summed E-state index contributed by atoms with van der Waals surface area (Å²) in [4.78, 5) is 15.9. The number of hydrogen-bond acceptors (Lipinski definition) is 4. The highest BCUT2D eigenvalue weighted by Gasteiger charge is 2.17. The lowest BCUT2D eigenvalue weighted by Gasteiger charge is -2.10. The van der Waals surface area contributed by atoms with Crippen molar-refractivity contribution in [3.8, 4) is 5.88 Å². The third-order valence-corrected chi connectivity index (χ3v) is 2.91. The highest BCUT2D eigenvalue weighted by atomic mass is 16.5. The van der Waals surface area contributed by atoms with E-state index in [4.69, 9.17) is 4.74 Å². The van der Waals surface area contributed by atoms with Crippen molar-refractivity contribution in [2.45, 2.75) is 32.2 Å². The number of carbonyl (C=O) groups excluding carboxylic acids is 1. The summed E-state index contributed by atoms with van der Waals surface area (Å²) in [5.41, 5.74) is 0.710. The van der Waals surface area contributed by atoms with Gasteiger partial charge in [0.05, 0.1) is 18.5 Å². The van der Waals surface area contributed by atoms with Crippen LogP contribution in [0.5, 0.6) is 5.88 Å². The van der Waals surface area contributed by atoms with E-state index in [1.54, 1.807) is 18.3 Å². The van der Waals surface area contributed by atoms with Gasteiger partial charge in [0.2, 0.25) is 11.8 Å². The van der Waals surface area contributed by atoms with Gasteiger partial charge in [0.1, 0.15) is 0 Å². The van der Waals surface area contributed by atoms with Gasteiger partial charge in [0.25, 0.3) is 0 Å². The fourth-order valence-electron chi connectivity index (χ4n) is 2.05. The molecule has 2 heterocycles. The lowest BCUT2D eigenvalue weighted by Crippen LogP contribution is -2.27. The number of nitrogens with one attached hydrogen (secondary N) is 2. The summed E-state index contributed by atoms with van der Waals surface area (Å²) in [6.45, 7) is 3.51. The predicted octanol–water partition coefficient (Wildman–Crippen LogP) is 1.56. The Kier molecular flexibility index (Phi) is 4.52. The van der Waals surface area contributed by atoms with Crippen LogP contribution in [0.4, 0.5) is 5.69 Å². The topological polar surface area (TPSA) is 63.2 Å². The first kappa shape index (κ1) is 12.8. The van der Waals surface area contributed by atoms with Gasteiger partial charge in [0, 0.05) is 18.5 Å². The second kappa shape index (κ2) is 6.35. The molecule has 5 nitrogen and oxygen atoms in total. The summed E-state index contributed by atoms with van der Waals surface area (Å²) in [6, 6.07) is 3.88. The van der Waals surface area contributed by atoms with Crippen LogP contribution in [0, 0.1) is 0 Å². The van der Waals surface area contributed by atoms with Gasteiger partial charge < -0.3 is 15.4 Å². The third-order valence-electron chi connectivity index (χ3n) is 2.91. The number of carbonyl (C=O) groups is 1. The van der Waals surface area contributed by atoms with Crippen molar-refractivity contribution < 1.29 is 9.53 Å². The molecule has 0 bridgehead atoms. The van der Waals surface area contributed by atoms with E-state index < -0.39 is 0 Å². The Morgan fingerprint density at radius 1 is 1.61 bits per heavy atom. The molecule has 2 N–H and O–H groups in total. The average molecular weight is 249 g/mol. The van der Waals surface area contributed by atoms with Gasteiger partial charge in [-0.05, 0) is 32.4 Å². The molecule has 0 aliphatic carbocycles. The number of ether oxygens (including phenoxy) is 1. The lowest BCUT2D eigenvalue weighted by atomic mass is 10.1. The maximum atomic E-state index is 11.8. The van der Waals surface area contributed by atoms with Crippen molar-refractivity contribution >= 4 is 11.6 Å². The van der Waals surface area contributed by atoms with Crippen molar-refractivity contribution in [1.29, 1.82) is 0 Å². The maximum Gasteiger partial charge on any atom is 0.225 e. The monoisotopic (exact) mass is 249 g/mol. The number of anilines is 1. The Balaban J connectivity index is 1.82. The molecule has 0 spiro atoms. The lowest BCUT2D eigenvalue weighted by molar-refractivity contribution is -0.116. The molecular weight excluding hydrogens is 230 g/mol. The van der Waals surface area contributed by atoms with Crippen molar-refractivity contribution in [1.82, 2.24) is 10.3 Å². The molecule has 5 heteroatoms.